The highest BCUT2D eigenvalue weighted by Gasteiger charge is 2.32. The highest BCUT2D eigenvalue weighted by atomic mass is 19.3. The number of aryl methyl sites for hydroxylation is 1. The molecule has 0 amide bonds. The van der Waals surface area contributed by atoms with Crippen LogP contribution in [0.25, 0.3) is 0 Å². The Morgan fingerprint density at radius 3 is 2.24 bits per heavy atom. The molecule has 4 nitrogen and oxygen atoms in total. The maximum atomic E-state index is 13.1. The van der Waals surface area contributed by atoms with E-state index in [4.69, 9.17) is 0 Å². The number of ketones is 2. The van der Waals surface area contributed by atoms with Crippen molar-refractivity contribution in [3.8, 4) is 5.75 Å². The summed E-state index contributed by atoms with van der Waals surface area (Å²) >= 11 is 0. The summed E-state index contributed by atoms with van der Waals surface area (Å²) in [6, 6.07) is 16.2. The summed E-state index contributed by atoms with van der Waals surface area (Å²) < 4.78 is 29.8. The van der Waals surface area contributed by atoms with Gasteiger partial charge in [0.1, 0.15) is 5.75 Å². The molecule has 1 aliphatic rings. The molecular weight excluding hydrogens is 376 g/mol. The van der Waals surface area contributed by atoms with Crippen molar-refractivity contribution in [2.24, 2.45) is 4.99 Å². The lowest BCUT2D eigenvalue weighted by Crippen LogP contribution is -2.21. The third-order valence-electron chi connectivity index (χ3n) is 4.74. The lowest BCUT2D eigenvalue weighted by molar-refractivity contribution is -0.0499. The number of ether oxygens (including phenoxy) is 1. The Labute approximate surface area is 165 Å². The standard InChI is InChI=1S/C23H15F2NO3/c1-13-10-11-17-19(22(28)16-8-4-3-7-15(16)21(17)27)20(13)26-12-14-6-2-5-9-18(14)29-23(24)25/h2-12,23H,1H3. The first-order valence-corrected chi connectivity index (χ1v) is 8.87. The van der Waals surface area contributed by atoms with Gasteiger partial charge < -0.3 is 4.74 Å². The van der Waals surface area contributed by atoms with Crippen LogP contribution in [0.15, 0.2) is 65.7 Å². The van der Waals surface area contributed by atoms with Gasteiger partial charge in [0.05, 0.1) is 11.3 Å². The van der Waals surface area contributed by atoms with Crippen molar-refractivity contribution in [3.05, 3.63) is 94.0 Å². The molecule has 29 heavy (non-hydrogen) atoms. The number of aliphatic imine (C=N–C) groups is 1. The molecule has 0 saturated carbocycles. The van der Waals surface area contributed by atoms with E-state index in [1.165, 1.54) is 12.3 Å². The molecule has 3 aromatic rings. The maximum Gasteiger partial charge on any atom is 0.387 e. The molecular formula is C23H15F2NO3. The van der Waals surface area contributed by atoms with Crippen molar-refractivity contribution in [1.82, 2.24) is 0 Å². The first kappa shape index (κ1) is 18.7. The second-order valence-corrected chi connectivity index (χ2v) is 6.53. The van der Waals surface area contributed by atoms with E-state index in [1.807, 2.05) is 0 Å². The molecule has 0 saturated heterocycles. The highest BCUT2D eigenvalue weighted by Crippen LogP contribution is 2.35. The first-order chi connectivity index (χ1) is 14.0. The number of carbonyl (C=O) groups is 2. The molecule has 1 aliphatic carbocycles. The van der Waals surface area contributed by atoms with Gasteiger partial charge in [0.15, 0.2) is 11.6 Å². The zero-order valence-corrected chi connectivity index (χ0v) is 15.4. The van der Waals surface area contributed by atoms with E-state index in [-0.39, 0.29) is 28.4 Å². The fraction of sp³-hybridized carbons (Fsp3) is 0.0870. The molecule has 0 fully saturated rings. The van der Waals surface area contributed by atoms with Crippen molar-refractivity contribution in [2.45, 2.75) is 13.5 Å². The van der Waals surface area contributed by atoms with Crippen LogP contribution >= 0.6 is 0 Å². The number of benzene rings is 3. The molecule has 6 heteroatoms. The van der Waals surface area contributed by atoms with Gasteiger partial charge in [-0.15, -0.1) is 0 Å². The monoisotopic (exact) mass is 391 g/mol. The van der Waals surface area contributed by atoms with Gasteiger partial charge in [-0.1, -0.05) is 42.5 Å². The molecule has 0 N–H and O–H groups in total. The van der Waals surface area contributed by atoms with E-state index in [2.05, 4.69) is 9.73 Å². The average Bonchev–Trinajstić information content (AvgIpc) is 2.71. The summed E-state index contributed by atoms with van der Waals surface area (Å²) in [5, 5.41) is 0. The molecule has 0 unspecified atom stereocenters. The minimum atomic E-state index is -2.97. The lowest BCUT2D eigenvalue weighted by Gasteiger charge is -2.19. The topological polar surface area (TPSA) is 55.7 Å². The zero-order valence-electron chi connectivity index (χ0n) is 15.4. The number of nitrogens with zero attached hydrogens (tertiary/aromatic N) is 1. The lowest BCUT2D eigenvalue weighted by atomic mass is 9.82. The van der Waals surface area contributed by atoms with E-state index in [9.17, 15) is 18.4 Å². The molecule has 0 radical (unpaired) electrons. The zero-order chi connectivity index (χ0) is 20.5. The number of halogens is 2. The van der Waals surface area contributed by atoms with Crippen LogP contribution in [0.5, 0.6) is 5.75 Å². The smallest absolute Gasteiger partial charge is 0.387 e. The van der Waals surface area contributed by atoms with Crippen molar-refractivity contribution in [1.29, 1.82) is 0 Å². The predicted molar refractivity (Wildman–Crippen MR) is 105 cm³/mol. The van der Waals surface area contributed by atoms with Gasteiger partial charge in [0.25, 0.3) is 0 Å². The highest BCUT2D eigenvalue weighted by molar-refractivity contribution is 6.30. The van der Waals surface area contributed by atoms with Crippen LogP contribution in [-0.4, -0.2) is 24.4 Å². The van der Waals surface area contributed by atoms with Crippen LogP contribution in [0.4, 0.5) is 14.5 Å². The van der Waals surface area contributed by atoms with Crippen LogP contribution < -0.4 is 4.74 Å². The van der Waals surface area contributed by atoms with Crippen LogP contribution in [0, 0.1) is 6.92 Å². The summed E-state index contributed by atoms with van der Waals surface area (Å²) in [4.78, 5) is 30.4. The normalized spacial score (nSPS) is 13.0. The maximum absolute atomic E-state index is 13.1. The number of alkyl halides is 2. The molecule has 3 aromatic carbocycles. The Kier molecular flexibility index (Phi) is 4.76. The Morgan fingerprint density at radius 2 is 1.52 bits per heavy atom. The molecule has 4 rings (SSSR count). The average molecular weight is 391 g/mol. The second-order valence-electron chi connectivity index (χ2n) is 6.53. The quantitative estimate of drug-likeness (QED) is 0.454. The first-order valence-electron chi connectivity index (χ1n) is 8.87. The third-order valence-corrected chi connectivity index (χ3v) is 4.74. The minimum absolute atomic E-state index is 0.0264. The van der Waals surface area contributed by atoms with E-state index in [1.54, 1.807) is 61.5 Å². The molecule has 0 heterocycles. The van der Waals surface area contributed by atoms with Gasteiger partial charge in [-0.25, -0.2) is 0 Å². The summed E-state index contributed by atoms with van der Waals surface area (Å²) in [5.74, 6) is -0.558. The Bertz CT molecular complexity index is 1170. The van der Waals surface area contributed by atoms with Crippen molar-refractivity contribution in [2.75, 3.05) is 0 Å². The Morgan fingerprint density at radius 1 is 0.862 bits per heavy atom. The van der Waals surface area contributed by atoms with Crippen LogP contribution in [-0.2, 0) is 0 Å². The minimum Gasteiger partial charge on any atom is -0.434 e. The Hall–Kier alpha value is -3.67. The summed E-state index contributed by atoms with van der Waals surface area (Å²) in [5.41, 5.74) is 2.54. The summed E-state index contributed by atoms with van der Waals surface area (Å²) in [6.07, 6.45) is 1.36. The largest absolute Gasteiger partial charge is 0.434 e. The third kappa shape index (κ3) is 3.33. The van der Waals surface area contributed by atoms with E-state index >= 15 is 0 Å². The van der Waals surface area contributed by atoms with Gasteiger partial charge in [-0.3, -0.25) is 14.6 Å². The summed E-state index contributed by atoms with van der Waals surface area (Å²) in [7, 11) is 0. The van der Waals surface area contributed by atoms with Gasteiger partial charge in [-0.05, 0) is 30.7 Å². The van der Waals surface area contributed by atoms with Crippen LogP contribution in [0.1, 0.15) is 43.0 Å². The molecule has 0 spiro atoms. The second kappa shape index (κ2) is 7.39. The van der Waals surface area contributed by atoms with Gasteiger partial charge in [-0.2, -0.15) is 8.78 Å². The van der Waals surface area contributed by atoms with E-state index in [0.29, 0.717) is 27.9 Å². The molecule has 0 atom stereocenters. The molecule has 0 aromatic heterocycles. The predicted octanol–water partition coefficient (Wildman–Crippen LogP) is 5.12. The van der Waals surface area contributed by atoms with Gasteiger partial charge >= 0.3 is 6.61 Å². The van der Waals surface area contributed by atoms with Crippen molar-refractivity contribution in [3.63, 3.8) is 0 Å². The van der Waals surface area contributed by atoms with E-state index < -0.39 is 6.61 Å². The molecule has 0 bridgehead atoms. The van der Waals surface area contributed by atoms with E-state index in [0.717, 1.165) is 0 Å². The number of para-hydroxylation sites is 1. The Balaban J connectivity index is 1.83. The number of carbonyl (C=O) groups excluding carboxylic acids is 2. The van der Waals surface area contributed by atoms with Crippen molar-refractivity contribution >= 4 is 23.5 Å². The number of hydrogen-bond donors (Lipinski definition) is 0. The summed E-state index contributed by atoms with van der Waals surface area (Å²) in [6.45, 7) is -1.20. The van der Waals surface area contributed by atoms with Crippen LogP contribution in [0.3, 0.4) is 0 Å². The van der Waals surface area contributed by atoms with Gasteiger partial charge in [0.2, 0.25) is 0 Å². The number of fused-ring (bicyclic) bond motifs is 2. The number of hydrogen-bond acceptors (Lipinski definition) is 4. The van der Waals surface area contributed by atoms with Gasteiger partial charge in [0, 0.05) is 28.5 Å². The fourth-order valence-electron chi connectivity index (χ4n) is 3.36. The van der Waals surface area contributed by atoms with Crippen molar-refractivity contribution < 1.29 is 23.1 Å². The van der Waals surface area contributed by atoms with Crippen LogP contribution in [0.2, 0.25) is 0 Å². The molecule has 0 aliphatic heterocycles. The number of rotatable bonds is 4. The molecule has 144 valence electrons. The SMILES string of the molecule is Cc1ccc2c(c1N=Cc1ccccc1OC(F)F)C(=O)c1ccccc1C2=O. The fourth-order valence-corrected chi connectivity index (χ4v) is 3.36.